The summed E-state index contributed by atoms with van der Waals surface area (Å²) >= 11 is 0. The summed E-state index contributed by atoms with van der Waals surface area (Å²) in [4.78, 5) is 26.0. The Balaban J connectivity index is 3.03. The standard InChI is InChI=1S/C10H12N2O3/c1-6(2)12-9(13)7-3-4-11-5-8(7)10(14)15/h3-6H,1-2H3,(H,12,13)(H,14,15). The molecule has 0 saturated heterocycles. The number of rotatable bonds is 3. The number of carbonyl (C=O) groups excluding carboxylic acids is 1. The molecule has 1 heterocycles. The van der Waals surface area contributed by atoms with Crippen LogP contribution in [-0.2, 0) is 0 Å². The first-order valence-electron chi connectivity index (χ1n) is 4.50. The van der Waals surface area contributed by atoms with E-state index >= 15 is 0 Å². The van der Waals surface area contributed by atoms with E-state index in [0.29, 0.717) is 0 Å². The fraction of sp³-hybridized carbons (Fsp3) is 0.300. The van der Waals surface area contributed by atoms with Gasteiger partial charge in [0.2, 0.25) is 0 Å². The van der Waals surface area contributed by atoms with Crippen LogP contribution in [-0.4, -0.2) is 28.0 Å². The van der Waals surface area contributed by atoms with Crippen LogP contribution in [0.4, 0.5) is 0 Å². The van der Waals surface area contributed by atoms with Gasteiger partial charge in [0, 0.05) is 18.4 Å². The predicted molar refractivity (Wildman–Crippen MR) is 53.8 cm³/mol. The molecular weight excluding hydrogens is 196 g/mol. The third-order valence-corrected chi connectivity index (χ3v) is 1.72. The number of carboxylic acids is 1. The molecule has 1 aromatic rings. The van der Waals surface area contributed by atoms with Crippen molar-refractivity contribution >= 4 is 11.9 Å². The summed E-state index contributed by atoms with van der Waals surface area (Å²) in [5.41, 5.74) is 0.0434. The van der Waals surface area contributed by atoms with E-state index in [4.69, 9.17) is 5.11 Å². The van der Waals surface area contributed by atoms with E-state index in [1.165, 1.54) is 12.3 Å². The molecule has 5 heteroatoms. The zero-order valence-electron chi connectivity index (χ0n) is 8.52. The highest BCUT2D eigenvalue weighted by atomic mass is 16.4. The van der Waals surface area contributed by atoms with Gasteiger partial charge in [0.25, 0.3) is 5.91 Å². The highest BCUT2D eigenvalue weighted by molar-refractivity contribution is 6.04. The molecule has 0 radical (unpaired) electrons. The quantitative estimate of drug-likeness (QED) is 0.774. The Kier molecular flexibility index (Phi) is 3.38. The first kappa shape index (κ1) is 11.2. The van der Waals surface area contributed by atoms with Crippen LogP contribution < -0.4 is 5.32 Å². The van der Waals surface area contributed by atoms with Crippen molar-refractivity contribution in [1.29, 1.82) is 0 Å². The average molecular weight is 208 g/mol. The Morgan fingerprint density at radius 2 is 2.07 bits per heavy atom. The highest BCUT2D eigenvalue weighted by Gasteiger charge is 2.16. The third kappa shape index (κ3) is 2.77. The van der Waals surface area contributed by atoms with Crippen molar-refractivity contribution in [3.8, 4) is 0 Å². The lowest BCUT2D eigenvalue weighted by Crippen LogP contribution is -2.31. The van der Waals surface area contributed by atoms with Crippen LogP contribution in [0.5, 0.6) is 0 Å². The normalized spacial score (nSPS) is 10.1. The summed E-state index contributed by atoms with van der Waals surface area (Å²) in [6, 6.07) is 1.36. The number of carbonyl (C=O) groups is 2. The van der Waals surface area contributed by atoms with E-state index in [-0.39, 0.29) is 17.2 Å². The van der Waals surface area contributed by atoms with E-state index in [0.717, 1.165) is 6.20 Å². The molecule has 1 rings (SSSR count). The van der Waals surface area contributed by atoms with Crippen LogP contribution >= 0.6 is 0 Å². The van der Waals surface area contributed by atoms with Gasteiger partial charge in [-0.25, -0.2) is 4.79 Å². The molecule has 1 amide bonds. The van der Waals surface area contributed by atoms with Crippen molar-refractivity contribution in [2.75, 3.05) is 0 Å². The number of carboxylic acid groups (broad SMARTS) is 1. The Bertz CT molecular complexity index is 388. The number of hydrogen-bond acceptors (Lipinski definition) is 3. The Labute approximate surface area is 87.1 Å². The van der Waals surface area contributed by atoms with Crippen molar-refractivity contribution in [2.24, 2.45) is 0 Å². The first-order chi connectivity index (χ1) is 7.02. The van der Waals surface area contributed by atoms with Gasteiger partial charge >= 0.3 is 5.97 Å². The number of nitrogens with one attached hydrogen (secondary N) is 1. The summed E-state index contributed by atoms with van der Waals surface area (Å²) in [5.74, 6) is -1.55. The largest absolute Gasteiger partial charge is 0.478 e. The fourth-order valence-corrected chi connectivity index (χ4v) is 1.10. The van der Waals surface area contributed by atoms with Gasteiger partial charge in [0.15, 0.2) is 0 Å². The number of aromatic nitrogens is 1. The van der Waals surface area contributed by atoms with Crippen molar-refractivity contribution in [3.63, 3.8) is 0 Å². The minimum absolute atomic E-state index is 0.0349. The predicted octanol–water partition coefficient (Wildman–Crippen LogP) is 0.918. The molecule has 0 aromatic carbocycles. The summed E-state index contributed by atoms with van der Waals surface area (Å²) < 4.78 is 0. The van der Waals surface area contributed by atoms with Crippen LogP contribution in [0.3, 0.4) is 0 Å². The molecule has 0 aliphatic carbocycles. The van der Waals surface area contributed by atoms with Gasteiger partial charge in [-0.3, -0.25) is 9.78 Å². The van der Waals surface area contributed by atoms with Crippen molar-refractivity contribution in [3.05, 3.63) is 29.6 Å². The molecule has 0 spiro atoms. The van der Waals surface area contributed by atoms with Gasteiger partial charge in [-0.1, -0.05) is 0 Å². The molecule has 80 valence electrons. The van der Waals surface area contributed by atoms with Crippen LogP contribution in [0.25, 0.3) is 0 Å². The topological polar surface area (TPSA) is 79.3 Å². The molecular formula is C10H12N2O3. The van der Waals surface area contributed by atoms with Gasteiger partial charge in [-0.2, -0.15) is 0 Å². The molecule has 0 saturated carbocycles. The highest BCUT2D eigenvalue weighted by Crippen LogP contribution is 2.06. The average Bonchev–Trinajstić information content (AvgIpc) is 2.16. The summed E-state index contributed by atoms with van der Waals surface area (Å²) in [5, 5.41) is 11.5. The maximum absolute atomic E-state index is 11.6. The Morgan fingerprint density at radius 1 is 1.40 bits per heavy atom. The smallest absolute Gasteiger partial charge is 0.338 e. The SMILES string of the molecule is CC(C)NC(=O)c1ccncc1C(=O)O. The lowest BCUT2D eigenvalue weighted by atomic mass is 10.1. The number of amides is 1. The first-order valence-corrected chi connectivity index (χ1v) is 4.50. The van der Waals surface area contributed by atoms with Crippen molar-refractivity contribution in [1.82, 2.24) is 10.3 Å². The number of hydrogen-bond donors (Lipinski definition) is 2. The van der Waals surface area contributed by atoms with Crippen LogP contribution in [0.1, 0.15) is 34.6 Å². The van der Waals surface area contributed by atoms with Gasteiger partial charge < -0.3 is 10.4 Å². The Hall–Kier alpha value is -1.91. The molecule has 2 N–H and O–H groups in total. The van der Waals surface area contributed by atoms with Crippen molar-refractivity contribution < 1.29 is 14.7 Å². The van der Waals surface area contributed by atoms with Crippen molar-refractivity contribution in [2.45, 2.75) is 19.9 Å². The van der Waals surface area contributed by atoms with Crippen LogP contribution in [0, 0.1) is 0 Å². The second-order valence-electron chi connectivity index (χ2n) is 3.35. The van der Waals surface area contributed by atoms with E-state index in [9.17, 15) is 9.59 Å². The molecule has 15 heavy (non-hydrogen) atoms. The number of pyridine rings is 1. The molecule has 0 aliphatic rings. The summed E-state index contributed by atoms with van der Waals surface area (Å²) in [6.07, 6.45) is 2.55. The van der Waals surface area contributed by atoms with Gasteiger partial charge in [0.05, 0.1) is 11.1 Å². The number of nitrogens with zero attached hydrogens (tertiary/aromatic N) is 1. The lowest BCUT2D eigenvalue weighted by molar-refractivity contribution is 0.0690. The molecule has 1 aromatic heterocycles. The summed E-state index contributed by atoms with van der Waals surface area (Å²) in [6.45, 7) is 3.61. The molecule has 0 bridgehead atoms. The van der Waals surface area contributed by atoms with Gasteiger partial charge in [-0.05, 0) is 19.9 Å². The van der Waals surface area contributed by atoms with E-state index in [1.54, 1.807) is 13.8 Å². The fourth-order valence-electron chi connectivity index (χ4n) is 1.10. The molecule has 0 aliphatic heterocycles. The second-order valence-corrected chi connectivity index (χ2v) is 3.35. The van der Waals surface area contributed by atoms with E-state index < -0.39 is 11.9 Å². The van der Waals surface area contributed by atoms with Gasteiger partial charge in [-0.15, -0.1) is 0 Å². The monoisotopic (exact) mass is 208 g/mol. The molecule has 0 atom stereocenters. The molecule has 0 unspecified atom stereocenters. The second kappa shape index (κ2) is 4.54. The molecule has 0 fully saturated rings. The Morgan fingerprint density at radius 3 is 2.60 bits per heavy atom. The van der Waals surface area contributed by atoms with Crippen LogP contribution in [0.15, 0.2) is 18.5 Å². The zero-order chi connectivity index (χ0) is 11.4. The third-order valence-electron chi connectivity index (χ3n) is 1.72. The lowest BCUT2D eigenvalue weighted by Gasteiger charge is -2.09. The van der Waals surface area contributed by atoms with E-state index in [2.05, 4.69) is 10.3 Å². The van der Waals surface area contributed by atoms with Crippen LogP contribution in [0.2, 0.25) is 0 Å². The summed E-state index contributed by atoms with van der Waals surface area (Å²) in [7, 11) is 0. The van der Waals surface area contributed by atoms with Gasteiger partial charge in [0.1, 0.15) is 0 Å². The zero-order valence-corrected chi connectivity index (χ0v) is 8.52. The minimum Gasteiger partial charge on any atom is -0.478 e. The van der Waals surface area contributed by atoms with E-state index in [1.807, 2.05) is 0 Å². The number of aromatic carboxylic acids is 1. The maximum atomic E-state index is 11.6. The molecule has 5 nitrogen and oxygen atoms in total. The minimum atomic E-state index is -1.16. The maximum Gasteiger partial charge on any atom is 0.338 e.